The topological polar surface area (TPSA) is 93.4 Å². The van der Waals surface area contributed by atoms with E-state index in [9.17, 15) is 4.79 Å². The van der Waals surface area contributed by atoms with E-state index in [4.69, 9.17) is 0 Å². The molecule has 8 heteroatoms. The van der Waals surface area contributed by atoms with Crippen molar-refractivity contribution in [3.8, 4) is 0 Å². The SMILES string of the molecule is CC(C)(C)n1ncc2c(=O)[nH]c(NCc3ccn(C4CCCC4)n3)nc21. The third-order valence-corrected chi connectivity index (χ3v) is 4.87. The molecule has 0 unspecified atom stereocenters. The van der Waals surface area contributed by atoms with Crippen molar-refractivity contribution >= 4 is 17.0 Å². The summed E-state index contributed by atoms with van der Waals surface area (Å²) in [4.78, 5) is 19.7. The molecule has 1 aliphatic carbocycles. The molecule has 0 saturated heterocycles. The van der Waals surface area contributed by atoms with Crippen molar-refractivity contribution in [2.24, 2.45) is 0 Å². The molecule has 3 heterocycles. The van der Waals surface area contributed by atoms with E-state index < -0.39 is 0 Å². The van der Waals surface area contributed by atoms with Crippen molar-refractivity contribution in [1.82, 2.24) is 29.5 Å². The van der Waals surface area contributed by atoms with Crippen LogP contribution in [0.4, 0.5) is 5.95 Å². The van der Waals surface area contributed by atoms with Gasteiger partial charge in [0.25, 0.3) is 5.56 Å². The maximum absolute atomic E-state index is 12.3. The van der Waals surface area contributed by atoms with Gasteiger partial charge in [0, 0.05) is 6.20 Å². The zero-order valence-electron chi connectivity index (χ0n) is 15.5. The minimum atomic E-state index is -0.250. The molecule has 4 rings (SSSR count). The van der Waals surface area contributed by atoms with Crippen LogP contribution in [0.5, 0.6) is 0 Å². The molecule has 0 aromatic carbocycles. The summed E-state index contributed by atoms with van der Waals surface area (Å²) >= 11 is 0. The summed E-state index contributed by atoms with van der Waals surface area (Å²) in [5.41, 5.74) is 1.08. The standard InChI is InChI=1S/C18H25N7O/c1-18(2,3)25-15-14(11-20-25)16(26)22-17(21-15)19-10-12-8-9-24(23-12)13-6-4-5-7-13/h8-9,11,13H,4-7,10H2,1-3H3,(H2,19,21,22,26). The van der Waals surface area contributed by atoms with Crippen LogP contribution in [0.15, 0.2) is 23.3 Å². The number of hydrogen-bond donors (Lipinski definition) is 2. The first kappa shape index (κ1) is 16.8. The smallest absolute Gasteiger partial charge is 0.263 e. The molecule has 3 aromatic rings. The summed E-state index contributed by atoms with van der Waals surface area (Å²) in [6.45, 7) is 6.61. The first-order valence-corrected chi connectivity index (χ1v) is 9.18. The highest BCUT2D eigenvalue weighted by atomic mass is 16.1. The Balaban J connectivity index is 1.55. The molecule has 8 nitrogen and oxygen atoms in total. The summed E-state index contributed by atoms with van der Waals surface area (Å²) in [6.07, 6.45) is 8.59. The highest BCUT2D eigenvalue weighted by molar-refractivity contribution is 5.74. The van der Waals surface area contributed by atoms with E-state index in [2.05, 4.69) is 30.2 Å². The van der Waals surface area contributed by atoms with Crippen LogP contribution in [0, 0.1) is 0 Å². The third-order valence-electron chi connectivity index (χ3n) is 4.87. The van der Waals surface area contributed by atoms with E-state index in [0.29, 0.717) is 29.6 Å². The Morgan fingerprint density at radius 1 is 1.31 bits per heavy atom. The Morgan fingerprint density at radius 3 is 2.81 bits per heavy atom. The van der Waals surface area contributed by atoms with Gasteiger partial charge in [0.2, 0.25) is 5.95 Å². The molecule has 26 heavy (non-hydrogen) atoms. The number of hydrogen-bond acceptors (Lipinski definition) is 5. The van der Waals surface area contributed by atoms with Gasteiger partial charge in [-0.15, -0.1) is 0 Å². The third kappa shape index (κ3) is 3.11. The highest BCUT2D eigenvalue weighted by Crippen LogP contribution is 2.28. The molecule has 0 radical (unpaired) electrons. The van der Waals surface area contributed by atoms with Gasteiger partial charge in [-0.2, -0.15) is 15.2 Å². The first-order valence-electron chi connectivity index (χ1n) is 9.18. The van der Waals surface area contributed by atoms with Crippen LogP contribution >= 0.6 is 0 Å². The normalized spacial score (nSPS) is 15.8. The van der Waals surface area contributed by atoms with Crippen LogP contribution in [-0.4, -0.2) is 29.5 Å². The second-order valence-electron chi connectivity index (χ2n) is 7.96. The molecule has 0 atom stereocenters. The maximum Gasteiger partial charge on any atom is 0.263 e. The lowest BCUT2D eigenvalue weighted by molar-refractivity contribution is 0.366. The fourth-order valence-electron chi connectivity index (χ4n) is 3.51. The first-order chi connectivity index (χ1) is 12.4. The van der Waals surface area contributed by atoms with Gasteiger partial charge in [-0.3, -0.25) is 14.5 Å². The predicted octanol–water partition coefficient (Wildman–Crippen LogP) is 2.80. The van der Waals surface area contributed by atoms with Crippen molar-refractivity contribution in [2.45, 2.75) is 64.6 Å². The summed E-state index contributed by atoms with van der Waals surface area (Å²) < 4.78 is 3.84. The zero-order valence-corrected chi connectivity index (χ0v) is 15.5. The summed E-state index contributed by atoms with van der Waals surface area (Å²) in [7, 11) is 0. The highest BCUT2D eigenvalue weighted by Gasteiger charge is 2.20. The molecule has 3 aromatic heterocycles. The van der Waals surface area contributed by atoms with E-state index >= 15 is 0 Å². The Kier molecular flexibility index (Phi) is 4.05. The fourth-order valence-corrected chi connectivity index (χ4v) is 3.51. The minimum absolute atomic E-state index is 0.190. The number of aromatic amines is 1. The molecular formula is C18H25N7O. The lowest BCUT2D eigenvalue weighted by atomic mass is 10.1. The lowest BCUT2D eigenvalue weighted by Gasteiger charge is -2.19. The van der Waals surface area contributed by atoms with Crippen molar-refractivity contribution < 1.29 is 0 Å². The largest absolute Gasteiger partial charge is 0.350 e. The van der Waals surface area contributed by atoms with Gasteiger partial charge < -0.3 is 5.32 Å². The summed E-state index contributed by atoms with van der Waals surface area (Å²) in [6, 6.07) is 2.54. The molecule has 138 valence electrons. The molecular weight excluding hydrogens is 330 g/mol. The van der Waals surface area contributed by atoms with Crippen molar-refractivity contribution in [2.75, 3.05) is 5.32 Å². The van der Waals surface area contributed by atoms with Crippen molar-refractivity contribution in [1.29, 1.82) is 0 Å². The molecule has 0 aliphatic heterocycles. The van der Waals surface area contributed by atoms with Crippen LogP contribution in [0.3, 0.4) is 0 Å². The molecule has 0 bridgehead atoms. The average molecular weight is 355 g/mol. The number of nitrogens with one attached hydrogen (secondary N) is 2. The summed E-state index contributed by atoms with van der Waals surface area (Å²) in [5.74, 6) is 0.434. The van der Waals surface area contributed by atoms with Crippen LogP contribution in [0.25, 0.3) is 11.0 Å². The molecule has 0 amide bonds. The Morgan fingerprint density at radius 2 is 2.08 bits per heavy atom. The molecule has 1 aliphatic rings. The van der Waals surface area contributed by atoms with E-state index in [1.807, 2.05) is 33.0 Å². The number of fused-ring (bicyclic) bond motifs is 1. The van der Waals surface area contributed by atoms with Gasteiger partial charge in [0.05, 0.1) is 30.0 Å². The second kappa shape index (κ2) is 6.26. The quantitative estimate of drug-likeness (QED) is 0.750. The number of rotatable bonds is 4. The van der Waals surface area contributed by atoms with E-state index in [0.717, 1.165) is 5.69 Å². The zero-order chi connectivity index (χ0) is 18.3. The van der Waals surface area contributed by atoms with E-state index in [1.165, 1.54) is 25.7 Å². The van der Waals surface area contributed by atoms with Gasteiger partial charge >= 0.3 is 0 Å². The molecule has 1 fully saturated rings. The van der Waals surface area contributed by atoms with Gasteiger partial charge in [0.1, 0.15) is 5.39 Å². The fraction of sp³-hybridized carbons (Fsp3) is 0.556. The van der Waals surface area contributed by atoms with Crippen molar-refractivity contribution in [3.05, 3.63) is 34.5 Å². The second-order valence-corrected chi connectivity index (χ2v) is 7.96. The van der Waals surface area contributed by atoms with Gasteiger partial charge in [0.15, 0.2) is 5.65 Å². The molecule has 2 N–H and O–H groups in total. The molecule has 1 saturated carbocycles. The predicted molar refractivity (Wildman–Crippen MR) is 100 cm³/mol. The van der Waals surface area contributed by atoms with Gasteiger partial charge in [-0.05, 0) is 39.7 Å². The number of nitrogens with zero attached hydrogens (tertiary/aromatic N) is 5. The van der Waals surface area contributed by atoms with Crippen molar-refractivity contribution in [3.63, 3.8) is 0 Å². The monoisotopic (exact) mass is 355 g/mol. The number of aromatic nitrogens is 6. The van der Waals surface area contributed by atoms with Crippen LogP contribution < -0.4 is 10.9 Å². The lowest BCUT2D eigenvalue weighted by Crippen LogP contribution is -2.24. The van der Waals surface area contributed by atoms with Gasteiger partial charge in [-0.1, -0.05) is 12.8 Å². The maximum atomic E-state index is 12.3. The Labute approximate surface area is 151 Å². The Bertz CT molecular complexity index is 969. The van der Waals surface area contributed by atoms with Crippen LogP contribution in [-0.2, 0) is 12.1 Å². The summed E-state index contributed by atoms with van der Waals surface area (Å²) in [5, 5.41) is 12.7. The van der Waals surface area contributed by atoms with Crippen LogP contribution in [0.1, 0.15) is 58.2 Å². The number of anilines is 1. The molecule has 0 spiro atoms. The number of H-pyrrole nitrogens is 1. The van der Waals surface area contributed by atoms with Gasteiger partial charge in [-0.25, -0.2) is 4.68 Å². The van der Waals surface area contributed by atoms with E-state index in [-0.39, 0.29) is 11.1 Å². The van der Waals surface area contributed by atoms with Crippen LogP contribution in [0.2, 0.25) is 0 Å². The Hall–Kier alpha value is -2.64. The average Bonchev–Trinajstić information content (AvgIpc) is 3.31. The van der Waals surface area contributed by atoms with E-state index in [1.54, 1.807) is 10.9 Å². The minimum Gasteiger partial charge on any atom is -0.350 e.